The molecule has 8 nitrogen and oxygen atoms in total. The molecule has 0 aromatic heterocycles. The number of ether oxygens (including phenoxy) is 3. The summed E-state index contributed by atoms with van der Waals surface area (Å²) in [5.74, 6) is 0.898. The first kappa shape index (κ1) is 21.2. The van der Waals surface area contributed by atoms with Gasteiger partial charge in [-0.3, -0.25) is 9.59 Å². The first-order chi connectivity index (χ1) is 14.5. The summed E-state index contributed by atoms with van der Waals surface area (Å²) >= 11 is 0. The summed E-state index contributed by atoms with van der Waals surface area (Å²) in [6.07, 6.45) is 1.53. The van der Waals surface area contributed by atoms with Crippen LogP contribution < -0.4 is 25.0 Å². The van der Waals surface area contributed by atoms with E-state index in [1.165, 1.54) is 6.21 Å². The third-order valence-electron chi connectivity index (χ3n) is 4.43. The molecule has 30 heavy (non-hydrogen) atoms. The van der Waals surface area contributed by atoms with E-state index in [0.717, 1.165) is 11.3 Å². The maximum atomic E-state index is 12.6. The smallest absolute Gasteiger partial charge is 0.262 e. The number of carbonyl (C=O) groups is 2. The summed E-state index contributed by atoms with van der Waals surface area (Å²) in [7, 11) is 0. The second kappa shape index (κ2) is 9.78. The second-order valence-electron chi connectivity index (χ2n) is 7.00. The van der Waals surface area contributed by atoms with Crippen LogP contribution in [0.3, 0.4) is 0 Å². The van der Waals surface area contributed by atoms with Crippen molar-refractivity contribution in [2.24, 2.45) is 11.0 Å². The van der Waals surface area contributed by atoms with Gasteiger partial charge in [-0.1, -0.05) is 26.0 Å². The lowest BCUT2D eigenvalue weighted by atomic mass is 10.0. The van der Waals surface area contributed by atoms with E-state index >= 15 is 0 Å². The Labute approximate surface area is 175 Å². The van der Waals surface area contributed by atoms with Crippen molar-refractivity contribution in [2.45, 2.75) is 26.8 Å². The van der Waals surface area contributed by atoms with Crippen molar-refractivity contribution >= 4 is 18.0 Å². The van der Waals surface area contributed by atoms with Gasteiger partial charge in [0, 0.05) is 5.56 Å². The summed E-state index contributed by atoms with van der Waals surface area (Å²) in [4.78, 5) is 25.2. The van der Waals surface area contributed by atoms with Crippen LogP contribution in [0.15, 0.2) is 47.6 Å². The predicted molar refractivity (Wildman–Crippen MR) is 112 cm³/mol. The maximum absolute atomic E-state index is 12.6. The number of carbonyl (C=O) groups excluding carboxylic acids is 2. The van der Waals surface area contributed by atoms with E-state index in [1.54, 1.807) is 18.2 Å². The van der Waals surface area contributed by atoms with Crippen LogP contribution in [0.5, 0.6) is 17.2 Å². The number of nitrogens with zero attached hydrogens (tertiary/aromatic N) is 1. The zero-order chi connectivity index (χ0) is 21.5. The molecule has 1 aliphatic heterocycles. The molecule has 2 N–H and O–H groups in total. The fourth-order valence-electron chi connectivity index (χ4n) is 2.89. The molecule has 0 radical (unpaired) electrons. The Morgan fingerprint density at radius 3 is 2.73 bits per heavy atom. The molecule has 0 saturated heterocycles. The monoisotopic (exact) mass is 411 g/mol. The van der Waals surface area contributed by atoms with E-state index in [0.29, 0.717) is 23.7 Å². The van der Waals surface area contributed by atoms with Crippen molar-refractivity contribution in [1.82, 2.24) is 10.7 Å². The van der Waals surface area contributed by atoms with Gasteiger partial charge in [0.25, 0.3) is 11.8 Å². The first-order valence-electron chi connectivity index (χ1n) is 9.74. The molecule has 1 heterocycles. The lowest BCUT2D eigenvalue weighted by Crippen LogP contribution is -2.48. The minimum absolute atomic E-state index is 0.128. The van der Waals surface area contributed by atoms with Crippen LogP contribution in [0, 0.1) is 5.92 Å². The van der Waals surface area contributed by atoms with Crippen molar-refractivity contribution in [2.75, 3.05) is 13.4 Å². The number of hydrazone groups is 1. The number of hydrogen-bond acceptors (Lipinski definition) is 6. The molecule has 3 rings (SSSR count). The number of nitrogens with one attached hydrogen (secondary N) is 2. The number of rotatable bonds is 8. The van der Waals surface area contributed by atoms with Gasteiger partial charge < -0.3 is 19.5 Å². The first-order valence-corrected chi connectivity index (χ1v) is 9.74. The number of benzene rings is 2. The second-order valence-corrected chi connectivity index (χ2v) is 7.00. The Bertz CT molecular complexity index is 942. The Hall–Kier alpha value is -3.55. The van der Waals surface area contributed by atoms with Gasteiger partial charge in [-0.2, -0.15) is 5.10 Å². The van der Waals surface area contributed by atoms with Crippen LogP contribution in [-0.4, -0.2) is 37.5 Å². The maximum Gasteiger partial charge on any atom is 0.262 e. The van der Waals surface area contributed by atoms with Gasteiger partial charge in [0.2, 0.25) is 6.79 Å². The normalized spacial score (nSPS) is 13.3. The molecule has 0 saturated carbocycles. The van der Waals surface area contributed by atoms with Gasteiger partial charge in [-0.05, 0) is 48.7 Å². The average molecular weight is 411 g/mol. The Morgan fingerprint density at radius 2 is 1.97 bits per heavy atom. The summed E-state index contributed by atoms with van der Waals surface area (Å²) in [6, 6.07) is 11.5. The van der Waals surface area contributed by atoms with Crippen LogP contribution in [0.4, 0.5) is 0 Å². The molecule has 0 aliphatic carbocycles. The predicted octanol–water partition coefficient (Wildman–Crippen LogP) is 2.72. The molecule has 2 aromatic rings. The molecule has 2 amide bonds. The summed E-state index contributed by atoms with van der Waals surface area (Å²) < 4.78 is 16.0. The minimum atomic E-state index is -0.755. The molecular formula is C22H25N3O5. The molecule has 1 atom stereocenters. The highest BCUT2D eigenvalue weighted by molar-refractivity contribution is 5.98. The fraction of sp³-hybridized carbons (Fsp3) is 0.318. The van der Waals surface area contributed by atoms with Crippen LogP contribution >= 0.6 is 0 Å². The summed E-state index contributed by atoms with van der Waals surface area (Å²) in [5, 5.41) is 6.76. The zero-order valence-corrected chi connectivity index (χ0v) is 17.2. The van der Waals surface area contributed by atoms with E-state index in [-0.39, 0.29) is 18.6 Å². The largest absolute Gasteiger partial charge is 0.494 e. The molecule has 8 heteroatoms. The molecule has 2 aromatic carbocycles. The SMILES string of the molecule is CCOc1cccc(/C=N/NC(=O)C(NC(=O)c2ccc3c(c2)OCO3)C(C)C)c1. The van der Waals surface area contributed by atoms with Crippen molar-refractivity contribution in [1.29, 1.82) is 0 Å². The Morgan fingerprint density at radius 1 is 1.17 bits per heavy atom. The number of fused-ring (bicyclic) bond motifs is 1. The van der Waals surface area contributed by atoms with E-state index in [4.69, 9.17) is 14.2 Å². The van der Waals surface area contributed by atoms with Crippen LogP contribution in [-0.2, 0) is 4.79 Å². The van der Waals surface area contributed by atoms with Crippen LogP contribution in [0.25, 0.3) is 0 Å². The van der Waals surface area contributed by atoms with Gasteiger partial charge in [-0.25, -0.2) is 5.43 Å². The topological polar surface area (TPSA) is 98.2 Å². The van der Waals surface area contributed by atoms with Crippen molar-refractivity contribution in [3.8, 4) is 17.2 Å². The molecule has 0 spiro atoms. The van der Waals surface area contributed by atoms with E-state index in [1.807, 2.05) is 45.0 Å². The third kappa shape index (κ3) is 5.28. The van der Waals surface area contributed by atoms with Crippen molar-refractivity contribution in [3.05, 3.63) is 53.6 Å². The highest BCUT2D eigenvalue weighted by atomic mass is 16.7. The lowest BCUT2D eigenvalue weighted by Gasteiger charge is -2.20. The summed E-state index contributed by atoms with van der Waals surface area (Å²) in [5.41, 5.74) is 3.66. The Balaban J connectivity index is 1.62. The third-order valence-corrected chi connectivity index (χ3v) is 4.43. The van der Waals surface area contributed by atoms with Crippen molar-refractivity contribution in [3.63, 3.8) is 0 Å². The zero-order valence-electron chi connectivity index (χ0n) is 17.2. The molecule has 158 valence electrons. The quantitative estimate of drug-likeness (QED) is 0.514. The van der Waals surface area contributed by atoms with E-state index < -0.39 is 11.9 Å². The van der Waals surface area contributed by atoms with Crippen LogP contribution in [0.2, 0.25) is 0 Å². The fourth-order valence-corrected chi connectivity index (χ4v) is 2.89. The van der Waals surface area contributed by atoms with Crippen LogP contribution in [0.1, 0.15) is 36.7 Å². The molecule has 1 unspecified atom stereocenters. The van der Waals surface area contributed by atoms with Gasteiger partial charge in [0.05, 0.1) is 12.8 Å². The number of hydrogen-bond donors (Lipinski definition) is 2. The Kier molecular flexibility index (Phi) is 6.90. The highest BCUT2D eigenvalue weighted by Gasteiger charge is 2.25. The highest BCUT2D eigenvalue weighted by Crippen LogP contribution is 2.32. The van der Waals surface area contributed by atoms with Gasteiger partial charge >= 0.3 is 0 Å². The van der Waals surface area contributed by atoms with Gasteiger partial charge in [0.15, 0.2) is 11.5 Å². The molecular weight excluding hydrogens is 386 g/mol. The molecule has 0 bridgehead atoms. The molecule has 1 aliphatic rings. The average Bonchev–Trinajstić information content (AvgIpc) is 3.20. The van der Waals surface area contributed by atoms with E-state index in [2.05, 4.69) is 15.8 Å². The standard InChI is InChI=1S/C22H25N3O5/c1-4-28-17-7-5-6-15(10-17)12-23-25-22(27)20(14(2)3)24-21(26)16-8-9-18-19(11-16)30-13-29-18/h5-12,14,20H,4,13H2,1-3H3,(H,24,26)(H,25,27)/b23-12+. The minimum Gasteiger partial charge on any atom is -0.494 e. The number of amides is 2. The molecule has 0 fully saturated rings. The van der Waals surface area contributed by atoms with E-state index in [9.17, 15) is 9.59 Å². The van der Waals surface area contributed by atoms with Gasteiger partial charge in [0.1, 0.15) is 11.8 Å². The van der Waals surface area contributed by atoms with Crippen molar-refractivity contribution < 1.29 is 23.8 Å². The van der Waals surface area contributed by atoms with Gasteiger partial charge in [-0.15, -0.1) is 0 Å². The lowest BCUT2D eigenvalue weighted by molar-refractivity contribution is -0.123. The summed E-state index contributed by atoms with van der Waals surface area (Å²) in [6.45, 7) is 6.29.